The zero-order valence-corrected chi connectivity index (χ0v) is 16.9. The third kappa shape index (κ3) is 4.63. The van der Waals surface area contributed by atoms with Gasteiger partial charge in [0.2, 0.25) is 0 Å². The fraction of sp³-hybridized carbons (Fsp3) is 0.714. The molecule has 1 aromatic carbocycles. The van der Waals surface area contributed by atoms with Crippen molar-refractivity contribution in [2.24, 2.45) is 0 Å². The Morgan fingerprint density at radius 1 is 1.07 bits per heavy atom. The highest BCUT2D eigenvalue weighted by atomic mass is 19.4. The molecule has 0 aromatic heterocycles. The van der Waals surface area contributed by atoms with Crippen LogP contribution in [0, 0.1) is 0 Å². The minimum Gasteiger partial charge on any atom is -0.406 e. The number of benzene rings is 1. The van der Waals surface area contributed by atoms with Crippen LogP contribution < -0.4 is 4.74 Å². The molecular formula is C21H31F3N2O2. The number of alkyl halides is 3. The van der Waals surface area contributed by atoms with E-state index < -0.39 is 17.5 Å². The van der Waals surface area contributed by atoms with Crippen molar-refractivity contribution in [2.75, 3.05) is 33.2 Å². The molecule has 0 bridgehead atoms. The Kier molecular flexibility index (Phi) is 5.99. The molecule has 0 spiro atoms. The zero-order chi connectivity index (χ0) is 20.6. The quantitative estimate of drug-likeness (QED) is 0.811. The number of hydrogen-bond donors (Lipinski definition) is 1. The maximum Gasteiger partial charge on any atom is 0.573 e. The Morgan fingerprint density at radius 3 is 2.25 bits per heavy atom. The van der Waals surface area contributed by atoms with E-state index in [9.17, 15) is 18.3 Å². The van der Waals surface area contributed by atoms with Gasteiger partial charge in [-0.25, -0.2) is 0 Å². The van der Waals surface area contributed by atoms with Gasteiger partial charge < -0.3 is 14.7 Å². The van der Waals surface area contributed by atoms with Crippen molar-refractivity contribution in [3.05, 3.63) is 29.8 Å². The summed E-state index contributed by atoms with van der Waals surface area (Å²) in [5.74, 6) is -0.534. The molecule has 1 heterocycles. The van der Waals surface area contributed by atoms with Crippen LogP contribution in [0.1, 0.15) is 51.0 Å². The van der Waals surface area contributed by atoms with Crippen LogP contribution in [-0.2, 0) is 0 Å². The number of nitrogens with zero attached hydrogens (tertiary/aromatic N) is 2. The van der Waals surface area contributed by atoms with Crippen LogP contribution in [0.2, 0.25) is 0 Å². The van der Waals surface area contributed by atoms with Gasteiger partial charge in [-0.15, -0.1) is 13.2 Å². The first-order chi connectivity index (χ1) is 13.0. The van der Waals surface area contributed by atoms with Crippen LogP contribution >= 0.6 is 0 Å². The monoisotopic (exact) mass is 400 g/mol. The van der Waals surface area contributed by atoms with Gasteiger partial charge >= 0.3 is 6.36 Å². The van der Waals surface area contributed by atoms with Gasteiger partial charge in [-0.1, -0.05) is 25.0 Å². The van der Waals surface area contributed by atoms with Gasteiger partial charge in [-0.2, -0.15) is 0 Å². The summed E-state index contributed by atoms with van der Waals surface area (Å²) in [6, 6.07) is 6.17. The molecule has 158 valence electrons. The summed E-state index contributed by atoms with van der Waals surface area (Å²) in [6.07, 6.45) is -1.53. The third-order valence-corrected chi connectivity index (χ3v) is 6.46. The van der Waals surface area contributed by atoms with Crippen molar-refractivity contribution in [3.8, 4) is 5.75 Å². The summed E-state index contributed by atoms with van der Waals surface area (Å²) in [7, 11) is 2.09. The molecule has 2 aliphatic rings. The number of halogens is 3. The summed E-state index contributed by atoms with van der Waals surface area (Å²) >= 11 is 0. The fourth-order valence-corrected chi connectivity index (χ4v) is 5.11. The summed E-state index contributed by atoms with van der Waals surface area (Å²) in [6.45, 7) is 7.83. The van der Waals surface area contributed by atoms with Gasteiger partial charge in [-0.3, -0.25) is 4.90 Å². The van der Waals surface area contributed by atoms with Gasteiger partial charge in [0.15, 0.2) is 0 Å². The van der Waals surface area contributed by atoms with Gasteiger partial charge in [-0.05, 0) is 51.4 Å². The van der Waals surface area contributed by atoms with E-state index in [4.69, 9.17) is 0 Å². The van der Waals surface area contributed by atoms with Crippen LogP contribution in [0.5, 0.6) is 5.75 Å². The molecule has 4 nitrogen and oxygen atoms in total. The number of ether oxygens (including phenoxy) is 1. The Hall–Kier alpha value is -1.31. The van der Waals surface area contributed by atoms with Crippen molar-refractivity contribution in [3.63, 3.8) is 0 Å². The molecular weight excluding hydrogens is 369 g/mol. The van der Waals surface area contributed by atoms with Crippen LogP contribution in [0.3, 0.4) is 0 Å². The highest BCUT2D eigenvalue weighted by molar-refractivity contribution is 5.35. The summed E-state index contributed by atoms with van der Waals surface area (Å²) in [5.41, 5.74) is -0.629. The first kappa shape index (κ1) is 21.4. The smallest absolute Gasteiger partial charge is 0.406 e. The number of rotatable bonds is 5. The molecule has 1 N–H and O–H groups in total. The summed E-state index contributed by atoms with van der Waals surface area (Å²) in [4.78, 5) is 4.63. The Bertz CT molecular complexity index is 664. The van der Waals surface area contributed by atoms with Crippen molar-refractivity contribution in [1.82, 2.24) is 9.80 Å². The van der Waals surface area contributed by atoms with Crippen molar-refractivity contribution in [1.29, 1.82) is 0 Å². The number of piperazine rings is 1. The molecule has 1 saturated carbocycles. The molecule has 1 aromatic rings. The molecule has 0 amide bonds. The second-order valence-corrected chi connectivity index (χ2v) is 8.81. The number of hydrogen-bond acceptors (Lipinski definition) is 4. The first-order valence-electron chi connectivity index (χ1n) is 10.0. The van der Waals surface area contributed by atoms with E-state index in [1.807, 2.05) is 6.07 Å². The van der Waals surface area contributed by atoms with Crippen molar-refractivity contribution < 1.29 is 23.0 Å². The molecule has 1 aliphatic heterocycles. The Labute approximate surface area is 165 Å². The number of likely N-dealkylation sites (N-methyl/N-ethyl adjacent to an activating group) is 1. The predicted octanol–water partition coefficient (Wildman–Crippen LogP) is 4.00. The van der Waals surface area contributed by atoms with Crippen LogP contribution in [0.4, 0.5) is 13.2 Å². The number of aliphatic hydroxyl groups is 1. The lowest BCUT2D eigenvalue weighted by Gasteiger charge is -2.52. The second-order valence-electron chi connectivity index (χ2n) is 8.81. The maximum absolute atomic E-state index is 12.7. The largest absolute Gasteiger partial charge is 0.573 e. The lowest BCUT2D eigenvalue weighted by atomic mass is 9.69. The lowest BCUT2D eigenvalue weighted by molar-refractivity contribution is -0.274. The highest BCUT2D eigenvalue weighted by Crippen LogP contribution is 2.49. The van der Waals surface area contributed by atoms with E-state index in [1.54, 1.807) is 6.07 Å². The third-order valence-electron chi connectivity index (χ3n) is 6.46. The van der Waals surface area contributed by atoms with Gasteiger partial charge in [0, 0.05) is 37.6 Å². The van der Waals surface area contributed by atoms with Crippen LogP contribution in [0.25, 0.3) is 0 Å². The molecule has 1 atom stereocenters. The summed E-state index contributed by atoms with van der Waals surface area (Å²) < 4.78 is 42.3. The van der Waals surface area contributed by atoms with Gasteiger partial charge in [0.25, 0.3) is 0 Å². The van der Waals surface area contributed by atoms with Crippen molar-refractivity contribution >= 4 is 0 Å². The van der Waals surface area contributed by atoms with Crippen LogP contribution in [-0.4, -0.2) is 65.6 Å². The molecule has 1 unspecified atom stereocenters. The maximum atomic E-state index is 12.7. The average molecular weight is 400 g/mol. The van der Waals surface area contributed by atoms with E-state index in [2.05, 4.69) is 35.4 Å². The molecule has 1 saturated heterocycles. The highest BCUT2D eigenvalue weighted by Gasteiger charge is 2.50. The topological polar surface area (TPSA) is 35.9 Å². The van der Waals surface area contributed by atoms with E-state index in [0.717, 1.165) is 39.0 Å². The van der Waals surface area contributed by atoms with E-state index in [-0.39, 0.29) is 11.7 Å². The predicted molar refractivity (Wildman–Crippen MR) is 102 cm³/mol. The van der Waals surface area contributed by atoms with Crippen molar-refractivity contribution in [2.45, 2.75) is 63.0 Å². The SMILES string of the molecule is CN1CCN(C(C)(C)C(c2cccc(OC(F)(F)F)c2)C2(O)CCCC2)CC1. The minimum absolute atomic E-state index is 0.231. The molecule has 28 heavy (non-hydrogen) atoms. The molecule has 1 aliphatic carbocycles. The minimum atomic E-state index is -4.73. The molecule has 2 fully saturated rings. The second kappa shape index (κ2) is 7.84. The zero-order valence-electron chi connectivity index (χ0n) is 16.9. The van der Waals surface area contributed by atoms with Gasteiger partial charge in [0.1, 0.15) is 5.75 Å². The van der Waals surface area contributed by atoms with E-state index in [1.165, 1.54) is 12.1 Å². The molecule has 3 rings (SSSR count). The van der Waals surface area contributed by atoms with Gasteiger partial charge in [0.05, 0.1) is 5.60 Å². The Morgan fingerprint density at radius 2 is 1.68 bits per heavy atom. The first-order valence-corrected chi connectivity index (χ1v) is 10.0. The standard InChI is InChI=1S/C21H31F3N2O2/c1-19(2,26-13-11-25(3)12-14-26)18(20(27)9-4-5-10-20)16-7-6-8-17(15-16)28-21(22,23)24/h6-8,15,18,27H,4-5,9-14H2,1-3H3. The fourth-order valence-electron chi connectivity index (χ4n) is 5.11. The summed E-state index contributed by atoms with van der Waals surface area (Å²) in [5, 5.41) is 11.5. The van der Waals surface area contributed by atoms with Crippen LogP contribution in [0.15, 0.2) is 24.3 Å². The lowest BCUT2D eigenvalue weighted by Crippen LogP contribution is -2.60. The average Bonchev–Trinajstić information content (AvgIpc) is 3.01. The van der Waals surface area contributed by atoms with E-state index >= 15 is 0 Å². The molecule has 7 heteroatoms. The van der Waals surface area contributed by atoms with E-state index in [0.29, 0.717) is 18.4 Å². The molecule has 0 radical (unpaired) electrons. The Balaban J connectivity index is 1.97. The normalized spacial score (nSPS) is 23.0.